The average molecular weight is 263 g/mol. The fraction of sp³-hybridized carbons (Fsp3) is 1.00. The van der Waals surface area contributed by atoms with E-state index < -0.39 is 0 Å². The van der Waals surface area contributed by atoms with Crippen LogP contribution in [0.25, 0.3) is 0 Å². The minimum atomic E-state index is 0.683. The Kier molecular flexibility index (Phi) is 9.06. The summed E-state index contributed by atoms with van der Waals surface area (Å²) in [4.78, 5) is 0.683. The quantitative estimate of drug-likeness (QED) is 0.514. The van der Waals surface area contributed by atoms with E-state index in [0.29, 0.717) is 4.83 Å². The van der Waals surface area contributed by atoms with Crippen LogP contribution in [0.15, 0.2) is 0 Å². The number of halogens is 1. The van der Waals surface area contributed by atoms with Crippen molar-refractivity contribution in [2.75, 3.05) is 0 Å². The second-order valence-electron chi connectivity index (χ2n) is 4.50. The Labute approximate surface area is 99.0 Å². The molecule has 0 radical (unpaired) electrons. The Morgan fingerprint density at radius 3 is 2.07 bits per heavy atom. The van der Waals surface area contributed by atoms with Gasteiger partial charge in [-0.05, 0) is 18.3 Å². The second kappa shape index (κ2) is 8.76. The molecule has 0 aromatic heterocycles. The van der Waals surface area contributed by atoms with Crippen LogP contribution in [0.4, 0.5) is 0 Å². The predicted molar refractivity (Wildman–Crippen MR) is 70.1 cm³/mol. The molecule has 3 unspecified atom stereocenters. The van der Waals surface area contributed by atoms with Gasteiger partial charge in [-0.1, -0.05) is 75.7 Å². The maximum absolute atomic E-state index is 3.73. The number of alkyl halides is 1. The van der Waals surface area contributed by atoms with Crippen LogP contribution in [-0.2, 0) is 0 Å². The van der Waals surface area contributed by atoms with Gasteiger partial charge in [0.25, 0.3) is 0 Å². The molecule has 0 nitrogen and oxygen atoms in total. The molecule has 0 saturated heterocycles. The maximum Gasteiger partial charge on any atom is 0.0145 e. The number of hydrogen-bond acceptors (Lipinski definition) is 0. The zero-order valence-electron chi connectivity index (χ0n) is 10.4. The van der Waals surface area contributed by atoms with Crippen LogP contribution in [0.5, 0.6) is 0 Å². The van der Waals surface area contributed by atoms with E-state index in [1.165, 1.54) is 38.5 Å². The molecular weight excluding hydrogens is 236 g/mol. The first-order valence-electron chi connectivity index (χ1n) is 6.29. The largest absolute Gasteiger partial charge is 0.0891 e. The summed E-state index contributed by atoms with van der Waals surface area (Å²) in [5.74, 6) is 1.83. The molecule has 0 fully saturated rings. The topological polar surface area (TPSA) is 0 Å². The fourth-order valence-corrected chi connectivity index (χ4v) is 2.68. The standard InChI is InChI=1S/C13H27Br/c1-5-8-9-12(6-2)10-13(7-3)11(4)14/h11-13H,5-10H2,1-4H3. The van der Waals surface area contributed by atoms with Crippen LogP contribution >= 0.6 is 15.9 Å². The second-order valence-corrected chi connectivity index (χ2v) is 5.94. The molecule has 0 heterocycles. The van der Waals surface area contributed by atoms with Gasteiger partial charge in [-0.3, -0.25) is 0 Å². The zero-order valence-corrected chi connectivity index (χ0v) is 11.9. The van der Waals surface area contributed by atoms with E-state index in [2.05, 4.69) is 43.6 Å². The fourth-order valence-electron chi connectivity index (χ4n) is 2.09. The lowest BCUT2D eigenvalue weighted by Gasteiger charge is -2.23. The van der Waals surface area contributed by atoms with Crippen molar-refractivity contribution in [1.29, 1.82) is 0 Å². The van der Waals surface area contributed by atoms with Crippen LogP contribution in [0.2, 0.25) is 0 Å². The third-order valence-corrected chi connectivity index (χ3v) is 4.10. The molecule has 0 aromatic rings. The number of hydrogen-bond donors (Lipinski definition) is 0. The molecule has 0 rings (SSSR count). The Balaban J connectivity index is 3.87. The molecule has 86 valence electrons. The van der Waals surface area contributed by atoms with E-state index >= 15 is 0 Å². The molecule has 0 amide bonds. The van der Waals surface area contributed by atoms with Gasteiger partial charge in [0.15, 0.2) is 0 Å². The molecule has 0 spiro atoms. The summed E-state index contributed by atoms with van der Waals surface area (Å²) in [7, 11) is 0. The molecule has 0 aliphatic heterocycles. The normalized spacial score (nSPS) is 17.8. The molecule has 0 aliphatic carbocycles. The van der Waals surface area contributed by atoms with Crippen molar-refractivity contribution in [2.24, 2.45) is 11.8 Å². The Bertz CT molecular complexity index is 120. The van der Waals surface area contributed by atoms with E-state index in [1.807, 2.05) is 0 Å². The van der Waals surface area contributed by atoms with Crippen molar-refractivity contribution in [2.45, 2.75) is 71.0 Å². The summed E-state index contributed by atoms with van der Waals surface area (Å²) in [6.07, 6.45) is 8.27. The van der Waals surface area contributed by atoms with Crippen molar-refractivity contribution in [1.82, 2.24) is 0 Å². The third kappa shape index (κ3) is 6.06. The Hall–Kier alpha value is 0.480. The van der Waals surface area contributed by atoms with E-state index in [0.717, 1.165) is 11.8 Å². The van der Waals surface area contributed by atoms with Crippen LogP contribution in [0, 0.1) is 11.8 Å². The highest BCUT2D eigenvalue weighted by Gasteiger charge is 2.17. The van der Waals surface area contributed by atoms with Crippen LogP contribution in [-0.4, -0.2) is 4.83 Å². The molecule has 0 saturated carbocycles. The lowest BCUT2D eigenvalue weighted by Crippen LogP contribution is -2.15. The van der Waals surface area contributed by atoms with Gasteiger partial charge < -0.3 is 0 Å². The lowest BCUT2D eigenvalue weighted by atomic mass is 9.86. The summed E-state index contributed by atoms with van der Waals surface area (Å²) in [5, 5.41) is 0. The monoisotopic (exact) mass is 262 g/mol. The first-order chi connectivity index (χ1) is 6.65. The molecule has 1 heteroatoms. The minimum Gasteiger partial charge on any atom is -0.0891 e. The summed E-state index contributed by atoms with van der Waals surface area (Å²) in [6, 6.07) is 0. The van der Waals surface area contributed by atoms with Crippen LogP contribution in [0.3, 0.4) is 0 Å². The third-order valence-electron chi connectivity index (χ3n) is 3.35. The van der Waals surface area contributed by atoms with Gasteiger partial charge in [-0.2, -0.15) is 0 Å². The van der Waals surface area contributed by atoms with Crippen molar-refractivity contribution >= 4 is 15.9 Å². The van der Waals surface area contributed by atoms with Gasteiger partial charge in [-0.25, -0.2) is 0 Å². The van der Waals surface area contributed by atoms with Crippen LogP contribution in [0.1, 0.15) is 66.2 Å². The lowest BCUT2D eigenvalue weighted by molar-refractivity contribution is 0.330. The Morgan fingerprint density at radius 1 is 1.07 bits per heavy atom. The first kappa shape index (κ1) is 14.5. The molecule has 0 bridgehead atoms. The summed E-state index contributed by atoms with van der Waals surface area (Å²) < 4.78 is 0. The van der Waals surface area contributed by atoms with Crippen molar-refractivity contribution in [3.63, 3.8) is 0 Å². The van der Waals surface area contributed by atoms with Crippen molar-refractivity contribution < 1.29 is 0 Å². The molecule has 14 heavy (non-hydrogen) atoms. The first-order valence-corrected chi connectivity index (χ1v) is 7.21. The SMILES string of the molecule is CCCCC(CC)CC(CC)C(C)Br. The smallest absolute Gasteiger partial charge is 0.0145 e. The van der Waals surface area contributed by atoms with Gasteiger partial charge in [0.05, 0.1) is 0 Å². The van der Waals surface area contributed by atoms with Gasteiger partial charge in [0.1, 0.15) is 0 Å². The maximum atomic E-state index is 3.73. The predicted octanol–water partition coefficient (Wildman–Crippen LogP) is 5.40. The highest BCUT2D eigenvalue weighted by atomic mass is 79.9. The molecule has 3 atom stereocenters. The van der Waals surface area contributed by atoms with Crippen molar-refractivity contribution in [3.05, 3.63) is 0 Å². The van der Waals surface area contributed by atoms with Gasteiger partial charge in [0.2, 0.25) is 0 Å². The van der Waals surface area contributed by atoms with Gasteiger partial charge in [0, 0.05) is 4.83 Å². The zero-order chi connectivity index (χ0) is 11.0. The van der Waals surface area contributed by atoms with Crippen molar-refractivity contribution in [3.8, 4) is 0 Å². The van der Waals surface area contributed by atoms with E-state index in [1.54, 1.807) is 0 Å². The molecule has 0 aromatic carbocycles. The minimum absolute atomic E-state index is 0.683. The Morgan fingerprint density at radius 2 is 1.71 bits per heavy atom. The molecular formula is C13H27Br. The summed E-state index contributed by atoms with van der Waals surface area (Å²) in [6.45, 7) is 9.23. The average Bonchev–Trinajstić information content (AvgIpc) is 2.18. The number of rotatable bonds is 8. The highest BCUT2D eigenvalue weighted by Crippen LogP contribution is 2.28. The highest BCUT2D eigenvalue weighted by molar-refractivity contribution is 9.09. The van der Waals surface area contributed by atoms with E-state index in [-0.39, 0.29) is 0 Å². The molecule has 0 aliphatic rings. The summed E-state index contributed by atoms with van der Waals surface area (Å²) in [5.41, 5.74) is 0. The summed E-state index contributed by atoms with van der Waals surface area (Å²) >= 11 is 3.73. The van der Waals surface area contributed by atoms with E-state index in [4.69, 9.17) is 0 Å². The van der Waals surface area contributed by atoms with Crippen LogP contribution < -0.4 is 0 Å². The van der Waals surface area contributed by atoms with Gasteiger partial charge >= 0.3 is 0 Å². The molecule has 0 N–H and O–H groups in total. The van der Waals surface area contributed by atoms with Gasteiger partial charge in [-0.15, -0.1) is 0 Å². The van der Waals surface area contributed by atoms with E-state index in [9.17, 15) is 0 Å². The number of unbranched alkanes of at least 4 members (excludes halogenated alkanes) is 1.